The van der Waals surface area contributed by atoms with Gasteiger partial charge in [-0.2, -0.15) is 0 Å². The van der Waals surface area contributed by atoms with Crippen LogP contribution in [0.3, 0.4) is 0 Å². The molecule has 66 valence electrons. The molecular formula is C8H13N3O. The molecule has 0 aliphatic heterocycles. The summed E-state index contributed by atoms with van der Waals surface area (Å²) in [5, 5.41) is 2.80. The Morgan fingerprint density at radius 2 is 2.58 bits per heavy atom. The van der Waals surface area contributed by atoms with E-state index in [1.807, 2.05) is 13.8 Å². The fourth-order valence-electron chi connectivity index (χ4n) is 0.784. The maximum absolute atomic E-state index is 11.3. The quantitative estimate of drug-likeness (QED) is 0.703. The first-order valence-electron chi connectivity index (χ1n) is 4.04. The predicted octanol–water partition coefficient (Wildman–Crippen LogP) is 0.938. The van der Waals surface area contributed by atoms with Gasteiger partial charge in [0.2, 0.25) is 0 Å². The van der Waals surface area contributed by atoms with Crippen molar-refractivity contribution in [1.82, 2.24) is 15.3 Å². The van der Waals surface area contributed by atoms with Crippen molar-refractivity contribution in [2.75, 3.05) is 0 Å². The average Bonchev–Trinajstić information content (AvgIpc) is 2.56. The lowest BCUT2D eigenvalue weighted by molar-refractivity contribution is 0.0930. The van der Waals surface area contributed by atoms with E-state index in [1.54, 1.807) is 12.4 Å². The highest BCUT2D eigenvalue weighted by Crippen LogP contribution is 1.92. The van der Waals surface area contributed by atoms with Crippen molar-refractivity contribution in [2.24, 2.45) is 0 Å². The third-order valence-corrected chi connectivity index (χ3v) is 1.70. The van der Waals surface area contributed by atoms with Gasteiger partial charge in [-0.1, -0.05) is 6.92 Å². The topological polar surface area (TPSA) is 57.8 Å². The smallest absolute Gasteiger partial charge is 0.287 e. The van der Waals surface area contributed by atoms with Crippen molar-refractivity contribution in [2.45, 2.75) is 26.3 Å². The zero-order valence-electron chi connectivity index (χ0n) is 7.29. The minimum absolute atomic E-state index is 0.144. The van der Waals surface area contributed by atoms with Crippen molar-refractivity contribution in [3.05, 3.63) is 18.2 Å². The highest BCUT2D eigenvalue weighted by molar-refractivity contribution is 5.90. The summed E-state index contributed by atoms with van der Waals surface area (Å²) in [4.78, 5) is 17.8. The Labute approximate surface area is 71.4 Å². The number of rotatable bonds is 3. The van der Waals surface area contributed by atoms with Crippen molar-refractivity contribution in [1.29, 1.82) is 0 Å². The highest BCUT2D eigenvalue weighted by atomic mass is 16.2. The first kappa shape index (κ1) is 8.77. The monoisotopic (exact) mass is 167 g/mol. The zero-order valence-corrected chi connectivity index (χ0v) is 7.29. The van der Waals surface area contributed by atoms with Gasteiger partial charge < -0.3 is 10.3 Å². The van der Waals surface area contributed by atoms with Crippen LogP contribution in [0.4, 0.5) is 0 Å². The van der Waals surface area contributed by atoms with E-state index < -0.39 is 0 Å². The van der Waals surface area contributed by atoms with Gasteiger partial charge in [-0.15, -0.1) is 0 Å². The lowest BCUT2D eigenvalue weighted by Gasteiger charge is -2.08. The molecule has 1 rings (SSSR count). The summed E-state index contributed by atoms with van der Waals surface area (Å²) in [5.41, 5.74) is 0. The van der Waals surface area contributed by atoms with Gasteiger partial charge in [0.25, 0.3) is 5.91 Å². The Kier molecular flexibility index (Phi) is 2.85. The zero-order chi connectivity index (χ0) is 8.97. The molecular weight excluding hydrogens is 154 g/mol. The van der Waals surface area contributed by atoms with Gasteiger partial charge >= 0.3 is 0 Å². The lowest BCUT2D eigenvalue weighted by Crippen LogP contribution is -2.32. The molecule has 4 heteroatoms. The second-order valence-electron chi connectivity index (χ2n) is 2.72. The molecule has 0 bridgehead atoms. The number of amides is 1. The van der Waals surface area contributed by atoms with Crippen LogP contribution in [0.2, 0.25) is 0 Å². The van der Waals surface area contributed by atoms with Crippen LogP contribution in [-0.2, 0) is 0 Å². The number of imidazole rings is 1. The van der Waals surface area contributed by atoms with Crippen molar-refractivity contribution >= 4 is 5.91 Å². The summed E-state index contributed by atoms with van der Waals surface area (Å²) in [6.45, 7) is 3.98. The molecule has 0 radical (unpaired) electrons. The third-order valence-electron chi connectivity index (χ3n) is 1.70. The molecule has 0 aromatic carbocycles. The number of hydrogen-bond donors (Lipinski definition) is 2. The molecule has 0 saturated heterocycles. The molecule has 4 nitrogen and oxygen atoms in total. The number of aromatic nitrogens is 2. The molecule has 1 aromatic heterocycles. The molecule has 1 aromatic rings. The highest BCUT2D eigenvalue weighted by Gasteiger charge is 2.09. The SMILES string of the molecule is CC[C@H](C)NC(=O)c1ncc[nH]1. The number of carbonyl (C=O) groups is 1. The molecule has 1 heterocycles. The van der Waals surface area contributed by atoms with Gasteiger partial charge in [0.1, 0.15) is 0 Å². The second kappa shape index (κ2) is 3.90. The summed E-state index contributed by atoms with van der Waals surface area (Å²) < 4.78 is 0. The van der Waals surface area contributed by atoms with E-state index in [1.165, 1.54) is 0 Å². The average molecular weight is 167 g/mol. The molecule has 1 amide bonds. The maximum atomic E-state index is 11.3. The molecule has 12 heavy (non-hydrogen) atoms. The first-order valence-corrected chi connectivity index (χ1v) is 4.04. The van der Waals surface area contributed by atoms with Gasteiger partial charge in [-0.05, 0) is 13.3 Å². The molecule has 2 N–H and O–H groups in total. The summed E-state index contributed by atoms with van der Waals surface area (Å²) in [6.07, 6.45) is 4.11. The predicted molar refractivity (Wildman–Crippen MR) is 45.8 cm³/mol. The Morgan fingerprint density at radius 3 is 3.08 bits per heavy atom. The number of aromatic amines is 1. The molecule has 0 spiro atoms. The Hall–Kier alpha value is -1.32. The van der Waals surface area contributed by atoms with E-state index in [0.717, 1.165) is 6.42 Å². The van der Waals surface area contributed by atoms with Crippen LogP contribution >= 0.6 is 0 Å². The van der Waals surface area contributed by atoms with Crippen LogP contribution in [-0.4, -0.2) is 21.9 Å². The van der Waals surface area contributed by atoms with E-state index in [9.17, 15) is 4.79 Å². The standard InChI is InChI=1S/C8H13N3O/c1-3-6(2)11-8(12)7-9-4-5-10-7/h4-6H,3H2,1-2H3,(H,9,10)(H,11,12)/t6-/m0/s1. The minimum Gasteiger partial charge on any atom is -0.347 e. The summed E-state index contributed by atoms with van der Waals surface area (Å²) in [6, 6.07) is 0.197. The molecule has 0 aliphatic carbocycles. The maximum Gasteiger partial charge on any atom is 0.287 e. The van der Waals surface area contributed by atoms with E-state index in [-0.39, 0.29) is 11.9 Å². The van der Waals surface area contributed by atoms with Crippen molar-refractivity contribution in [3.8, 4) is 0 Å². The molecule has 0 unspecified atom stereocenters. The van der Waals surface area contributed by atoms with Gasteiger partial charge in [-0.3, -0.25) is 4.79 Å². The van der Waals surface area contributed by atoms with Gasteiger partial charge in [0.15, 0.2) is 5.82 Å². The minimum atomic E-state index is -0.144. The summed E-state index contributed by atoms with van der Waals surface area (Å²) >= 11 is 0. The van der Waals surface area contributed by atoms with Crippen LogP contribution in [0, 0.1) is 0 Å². The van der Waals surface area contributed by atoms with E-state index in [0.29, 0.717) is 5.82 Å². The van der Waals surface area contributed by atoms with Crippen LogP contribution in [0.25, 0.3) is 0 Å². The fourth-order valence-corrected chi connectivity index (χ4v) is 0.784. The fraction of sp³-hybridized carbons (Fsp3) is 0.500. The van der Waals surface area contributed by atoms with Crippen LogP contribution in [0.5, 0.6) is 0 Å². The van der Waals surface area contributed by atoms with Crippen LogP contribution < -0.4 is 5.32 Å². The number of carbonyl (C=O) groups excluding carboxylic acids is 1. The number of nitrogens with one attached hydrogen (secondary N) is 2. The second-order valence-corrected chi connectivity index (χ2v) is 2.72. The van der Waals surface area contributed by atoms with Crippen molar-refractivity contribution < 1.29 is 4.79 Å². The molecule has 0 saturated carbocycles. The third kappa shape index (κ3) is 2.08. The van der Waals surface area contributed by atoms with Gasteiger partial charge in [-0.25, -0.2) is 4.98 Å². The number of H-pyrrole nitrogens is 1. The normalized spacial score (nSPS) is 12.5. The van der Waals surface area contributed by atoms with Crippen LogP contribution in [0.15, 0.2) is 12.4 Å². The Balaban J connectivity index is 2.50. The summed E-state index contributed by atoms with van der Waals surface area (Å²) in [5.74, 6) is 0.227. The molecule has 0 aliphatic rings. The molecule has 1 atom stereocenters. The van der Waals surface area contributed by atoms with E-state index >= 15 is 0 Å². The van der Waals surface area contributed by atoms with Crippen molar-refractivity contribution in [3.63, 3.8) is 0 Å². The number of hydrogen-bond acceptors (Lipinski definition) is 2. The lowest BCUT2D eigenvalue weighted by atomic mass is 10.2. The Bertz CT molecular complexity index is 243. The molecule has 0 fully saturated rings. The van der Waals surface area contributed by atoms with Crippen LogP contribution in [0.1, 0.15) is 30.9 Å². The first-order chi connectivity index (χ1) is 5.74. The van der Waals surface area contributed by atoms with E-state index in [2.05, 4.69) is 15.3 Å². The Morgan fingerprint density at radius 1 is 1.83 bits per heavy atom. The van der Waals surface area contributed by atoms with E-state index in [4.69, 9.17) is 0 Å². The summed E-state index contributed by atoms with van der Waals surface area (Å²) in [7, 11) is 0. The number of nitrogens with zero attached hydrogens (tertiary/aromatic N) is 1. The van der Waals surface area contributed by atoms with Gasteiger partial charge in [0, 0.05) is 18.4 Å². The van der Waals surface area contributed by atoms with Gasteiger partial charge in [0.05, 0.1) is 0 Å². The largest absolute Gasteiger partial charge is 0.347 e.